The lowest BCUT2D eigenvalue weighted by atomic mass is 9.85. The van der Waals surface area contributed by atoms with Gasteiger partial charge in [-0.15, -0.1) is 0 Å². The normalized spacial score (nSPS) is 20.1. The molecule has 0 aromatic heterocycles. The minimum atomic E-state index is -0.597. The number of nitrogens with one attached hydrogen (secondary N) is 2. The first-order valence-electron chi connectivity index (χ1n) is 14.5. The fraction of sp³-hybridized carbons (Fsp3) is 0.576. The van der Waals surface area contributed by atoms with Gasteiger partial charge >= 0.3 is 0 Å². The van der Waals surface area contributed by atoms with Crippen molar-refractivity contribution in [3.8, 4) is 0 Å². The van der Waals surface area contributed by atoms with Crippen LogP contribution >= 0.6 is 0 Å². The number of hydrogen-bond acceptors (Lipinski definition) is 4. The Bertz CT molecular complexity index is 896. The van der Waals surface area contributed by atoms with Gasteiger partial charge in [-0.3, -0.25) is 15.1 Å². The van der Waals surface area contributed by atoms with Crippen LogP contribution in [0.25, 0.3) is 0 Å². The maximum atomic E-state index is 13.2. The van der Waals surface area contributed by atoms with Crippen LogP contribution in [0.3, 0.4) is 0 Å². The van der Waals surface area contributed by atoms with Crippen LogP contribution in [0.15, 0.2) is 77.1 Å². The Kier molecular flexibility index (Phi) is 17.0. The average molecular weight is 523 g/mol. The molecular formula is C33H54N4O. The molecular weight excluding hydrogens is 468 g/mol. The van der Waals surface area contributed by atoms with Crippen molar-refractivity contribution < 1.29 is 4.79 Å². The number of allylic oxidation sites excluding steroid dienone is 11. The highest BCUT2D eigenvalue weighted by atomic mass is 16.2. The van der Waals surface area contributed by atoms with E-state index in [2.05, 4.69) is 63.5 Å². The summed E-state index contributed by atoms with van der Waals surface area (Å²) in [4.78, 5) is 19.8. The lowest BCUT2D eigenvalue weighted by Crippen LogP contribution is -2.45. The molecule has 2 aliphatic rings. The summed E-state index contributed by atoms with van der Waals surface area (Å²) in [5.41, 5.74) is 2.95. The molecule has 1 amide bonds. The summed E-state index contributed by atoms with van der Waals surface area (Å²) in [5, 5.41) is 6.63. The third kappa shape index (κ3) is 13.8. The zero-order chi connectivity index (χ0) is 28.3. The molecule has 0 bridgehead atoms. The van der Waals surface area contributed by atoms with E-state index < -0.39 is 6.17 Å². The van der Waals surface area contributed by atoms with E-state index in [1.165, 1.54) is 25.7 Å². The van der Waals surface area contributed by atoms with E-state index >= 15 is 0 Å². The molecule has 38 heavy (non-hydrogen) atoms. The quantitative estimate of drug-likeness (QED) is 0.216. The highest BCUT2D eigenvalue weighted by Gasteiger charge is 2.29. The van der Waals surface area contributed by atoms with Gasteiger partial charge in [0.25, 0.3) is 5.91 Å². The van der Waals surface area contributed by atoms with Crippen molar-refractivity contribution in [1.82, 2.24) is 15.5 Å². The van der Waals surface area contributed by atoms with Gasteiger partial charge < -0.3 is 10.2 Å². The molecule has 1 saturated carbocycles. The van der Waals surface area contributed by atoms with E-state index in [4.69, 9.17) is 4.99 Å². The number of rotatable bonds is 11. The minimum absolute atomic E-state index is 0.0423. The molecule has 0 aromatic rings. The number of carbonyl (C=O) groups excluding carboxylic acids is 1. The lowest BCUT2D eigenvalue weighted by molar-refractivity contribution is -0.129. The summed E-state index contributed by atoms with van der Waals surface area (Å²) in [6.07, 6.45) is 27.0. The smallest absolute Gasteiger partial charge is 0.266 e. The molecule has 1 atom stereocenters. The molecule has 1 aliphatic carbocycles. The second kappa shape index (κ2) is 19.4. The van der Waals surface area contributed by atoms with Gasteiger partial charge in [0, 0.05) is 30.1 Å². The van der Waals surface area contributed by atoms with E-state index in [0.29, 0.717) is 18.5 Å². The number of likely N-dealkylation sites (N-methyl/N-ethyl adjacent to an activating group) is 1. The molecule has 0 spiro atoms. The Morgan fingerprint density at radius 2 is 1.76 bits per heavy atom. The van der Waals surface area contributed by atoms with E-state index in [9.17, 15) is 4.79 Å². The summed E-state index contributed by atoms with van der Waals surface area (Å²) in [6.45, 7) is 15.4. The van der Waals surface area contributed by atoms with Crippen molar-refractivity contribution in [1.29, 1.82) is 0 Å². The van der Waals surface area contributed by atoms with Crippen LogP contribution < -0.4 is 10.6 Å². The van der Waals surface area contributed by atoms with E-state index in [-0.39, 0.29) is 5.91 Å². The molecule has 2 N–H and O–H groups in total. The van der Waals surface area contributed by atoms with Gasteiger partial charge in [0.05, 0.1) is 6.67 Å². The first kappa shape index (κ1) is 33.4. The lowest BCUT2D eigenvalue weighted by Gasteiger charge is -2.23. The van der Waals surface area contributed by atoms with Crippen LogP contribution in [0.2, 0.25) is 0 Å². The first-order valence-corrected chi connectivity index (χ1v) is 14.5. The van der Waals surface area contributed by atoms with Crippen molar-refractivity contribution in [2.75, 3.05) is 13.7 Å². The van der Waals surface area contributed by atoms with Crippen LogP contribution in [-0.2, 0) is 4.79 Å². The number of nitrogens with zero attached hydrogens (tertiary/aromatic N) is 2. The van der Waals surface area contributed by atoms with Gasteiger partial charge in [0.15, 0.2) is 6.17 Å². The van der Waals surface area contributed by atoms with E-state index in [1.807, 2.05) is 63.4 Å². The molecule has 5 heteroatoms. The predicted octanol–water partition coefficient (Wildman–Crippen LogP) is 7.68. The summed E-state index contributed by atoms with van der Waals surface area (Å²) >= 11 is 0. The SMILES string of the molecule is C/C=C\C=C/C1=CC(C2CCCCC2)=NC(NCN/C(C)=C/C=C\C=C\C(C)C)C(=O)N1C.CCC(C)C. The maximum absolute atomic E-state index is 13.2. The minimum Gasteiger partial charge on any atom is -0.376 e. The predicted molar refractivity (Wildman–Crippen MR) is 166 cm³/mol. The summed E-state index contributed by atoms with van der Waals surface area (Å²) in [5.74, 6) is 1.81. The van der Waals surface area contributed by atoms with Crippen LogP contribution in [0.5, 0.6) is 0 Å². The standard InChI is InChI=1S/C28H42N4O.C5H12/c1-6-7-10-19-25-20-26(24-17-13-9-14-18-24)31-27(28(33)32(25)5)30-21-29-23(4)16-12-8-11-15-22(2)3;1-4-5(2)3/h6-8,10-12,15-16,19-20,22,24,27,29-30H,9,13-14,17-18,21H2,1-5H3;5H,4H2,1-3H3/b7-6-,12-8-,15-11+,19-10-,23-16+;. The molecule has 212 valence electrons. The number of hydrogen-bond donors (Lipinski definition) is 2. The van der Waals surface area contributed by atoms with Crippen LogP contribution in [0, 0.1) is 17.8 Å². The van der Waals surface area contributed by atoms with Gasteiger partial charge in [0.1, 0.15) is 0 Å². The Labute approximate surface area is 233 Å². The van der Waals surface area contributed by atoms with Crippen molar-refractivity contribution in [3.05, 3.63) is 72.2 Å². The number of amides is 1. The fourth-order valence-corrected chi connectivity index (χ4v) is 3.88. The van der Waals surface area contributed by atoms with Crippen molar-refractivity contribution in [2.45, 2.75) is 93.2 Å². The topological polar surface area (TPSA) is 56.7 Å². The molecule has 5 nitrogen and oxygen atoms in total. The number of carbonyl (C=O) groups is 1. The molecule has 1 heterocycles. The fourth-order valence-electron chi connectivity index (χ4n) is 3.88. The van der Waals surface area contributed by atoms with E-state index in [0.717, 1.165) is 35.9 Å². The van der Waals surface area contributed by atoms with Crippen LogP contribution in [0.4, 0.5) is 0 Å². The molecule has 1 fully saturated rings. The third-order valence-corrected chi connectivity index (χ3v) is 6.66. The van der Waals surface area contributed by atoms with E-state index in [1.54, 1.807) is 4.90 Å². The average Bonchev–Trinajstić information content (AvgIpc) is 3.01. The molecule has 0 saturated heterocycles. The van der Waals surface area contributed by atoms with Gasteiger partial charge in [-0.2, -0.15) is 0 Å². The summed E-state index contributed by atoms with van der Waals surface area (Å²) < 4.78 is 0. The highest BCUT2D eigenvalue weighted by molar-refractivity contribution is 6.01. The second-order valence-electron chi connectivity index (χ2n) is 10.9. The second-order valence-corrected chi connectivity index (χ2v) is 10.9. The van der Waals surface area contributed by atoms with Gasteiger partial charge in [0.2, 0.25) is 0 Å². The Morgan fingerprint density at radius 3 is 2.37 bits per heavy atom. The van der Waals surface area contributed by atoms with Crippen molar-refractivity contribution in [3.63, 3.8) is 0 Å². The zero-order valence-corrected chi connectivity index (χ0v) is 25.3. The van der Waals surface area contributed by atoms with Gasteiger partial charge in [-0.1, -0.05) is 103 Å². The monoisotopic (exact) mass is 522 g/mol. The van der Waals surface area contributed by atoms with Crippen LogP contribution in [0.1, 0.15) is 87.0 Å². The Morgan fingerprint density at radius 1 is 1.08 bits per heavy atom. The van der Waals surface area contributed by atoms with Gasteiger partial charge in [-0.25, -0.2) is 0 Å². The molecule has 1 unspecified atom stereocenters. The molecule has 0 aromatic carbocycles. The molecule has 1 aliphatic heterocycles. The third-order valence-electron chi connectivity index (χ3n) is 6.66. The highest BCUT2D eigenvalue weighted by Crippen LogP contribution is 2.27. The summed E-state index contributed by atoms with van der Waals surface area (Å²) in [7, 11) is 1.83. The maximum Gasteiger partial charge on any atom is 0.266 e. The first-order chi connectivity index (χ1) is 18.2. The van der Waals surface area contributed by atoms with Gasteiger partial charge in [-0.05, 0) is 56.8 Å². The summed E-state index contributed by atoms with van der Waals surface area (Å²) in [6, 6.07) is 0. The largest absolute Gasteiger partial charge is 0.376 e. The number of aliphatic imine (C=N–C) groups is 1. The van der Waals surface area contributed by atoms with Crippen LogP contribution in [-0.4, -0.2) is 36.4 Å². The zero-order valence-electron chi connectivity index (χ0n) is 25.3. The molecule has 2 rings (SSSR count). The molecule has 0 radical (unpaired) electrons. The Hall–Kier alpha value is -2.66. The Balaban J connectivity index is 0.00000132. The van der Waals surface area contributed by atoms with Crippen molar-refractivity contribution >= 4 is 11.6 Å². The van der Waals surface area contributed by atoms with Crippen molar-refractivity contribution in [2.24, 2.45) is 22.7 Å².